The summed E-state index contributed by atoms with van der Waals surface area (Å²) in [7, 11) is -3.57. The van der Waals surface area contributed by atoms with Gasteiger partial charge in [-0.2, -0.15) is 4.31 Å². The lowest BCUT2D eigenvalue weighted by Gasteiger charge is -2.55. The Bertz CT molecular complexity index is 864. The van der Waals surface area contributed by atoms with Gasteiger partial charge in [0.1, 0.15) is 0 Å². The second kappa shape index (κ2) is 7.24. The van der Waals surface area contributed by atoms with Crippen molar-refractivity contribution < 1.29 is 13.2 Å². The van der Waals surface area contributed by atoms with Gasteiger partial charge in [-0.15, -0.1) is 0 Å². The number of nitrogens with one attached hydrogen (secondary N) is 1. The van der Waals surface area contributed by atoms with E-state index in [9.17, 15) is 13.2 Å². The molecule has 1 aliphatic heterocycles. The number of rotatable bonds is 5. The Morgan fingerprint density at radius 3 is 2.24 bits per heavy atom. The highest BCUT2D eigenvalue weighted by Gasteiger charge is 2.54. The summed E-state index contributed by atoms with van der Waals surface area (Å²) in [5.41, 5.74) is -0.187. The topological polar surface area (TPSA) is 66.5 Å². The third-order valence-corrected chi connectivity index (χ3v) is 9.98. The fourth-order valence-electron chi connectivity index (χ4n) is 6.86. The summed E-state index contributed by atoms with van der Waals surface area (Å²) in [6.45, 7) is 0.913. The fourth-order valence-corrected chi connectivity index (χ4v) is 8.68. The zero-order valence-electron chi connectivity index (χ0n) is 16.6. The van der Waals surface area contributed by atoms with E-state index in [1.807, 2.05) is 0 Å². The number of hydrogen-bond donors (Lipinski definition) is 1. The molecule has 1 heterocycles. The third kappa shape index (κ3) is 3.51. The monoisotopic (exact) mass is 436 g/mol. The first-order chi connectivity index (χ1) is 13.9. The van der Waals surface area contributed by atoms with Gasteiger partial charge in [0.05, 0.1) is 4.90 Å². The molecule has 29 heavy (non-hydrogen) atoms. The van der Waals surface area contributed by atoms with Crippen molar-refractivity contribution in [2.24, 2.45) is 23.2 Å². The Balaban J connectivity index is 1.27. The number of carbonyl (C=O) groups is 1. The minimum absolute atomic E-state index is 0.173. The first kappa shape index (κ1) is 19.8. The molecule has 6 rings (SSSR count). The number of halogens is 1. The minimum Gasteiger partial charge on any atom is -0.354 e. The van der Waals surface area contributed by atoms with E-state index in [4.69, 9.17) is 11.6 Å². The van der Waals surface area contributed by atoms with Crippen LogP contribution in [0.5, 0.6) is 0 Å². The first-order valence-corrected chi connectivity index (χ1v) is 12.7. The molecule has 0 aromatic heterocycles. The van der Waals surface area contributed by atoms with E-state index < -0.39 is 10.0 Å². The van der Waals surface area contributed by atoms with Gasteiger partial charge in [-0.05, 0) is 93.4 Å². The molecule has 1 aromatic rings. The molecule has 158 valence electrons. The number of nitrogens with zero attached hydrogens (tertiary/aromatic N) is 1. The van der Waals surface area contributed by atoms with Crippen LogP contribution in [0.4, 0.5) is 0 Å². The second-order valence-electron chi connectivity index (χ2n) is 9.77. The molecule has 7 heteroatoms. The zero-order valence-corrected chi connectivity index (χ0v) is 18.2. The lowest BCUT2D eigenvalue weighted by molar-refractivity contribution is -0.146. The standard InChI is InChI=1S/C22H29ClN2O3S/c23-18-3-5-20(6-4-18)29(27,28)25-7-1-2-19(25)14-24-21(26)22-11-15-8-16(12-22)10-17(9-15)13-22/h3-6,15-17,19H,1-2,7-14H2,(H,24,26). The summed E-state index contributed by atoms with van der Waals surface area (Å²) >= 11 is 5.91. The van der Waals surface area contributed by atoms with Crippen LogP contribution < -0.4 is 5.32 Å². The van der Waals surface area contributed by atoms with Gasteiger partial charge in [0.15, 0.2) is 0 Å². The summed E-state index contributed by atoms with van der Waals surface area (Å²) in [5, 5.41) is 3.70. The smallest absolute Gasteiger partial charge is 0.243 e. The Labute approximate surface area is 178 Å². The van der Waals surface area contributed by atoms with E-state index >= 15 is 0 Å². The summed E-state index contributed by atoms with van der Waals surface area (Å²) in [6, 6.07) is 6.15. The largest absolute Gasteiger partial charge is 0.354 e. The quantitative estimate of drug-likeness (QED) is 0.762. The first-order valence-electron chi connectivity index (χ1n) is 10.9. The predicted octanol–water partition coefficient (Wildman–Crippen LogP) is 3.83. The maximum absolute atomic E-state index is 13.2. The SMILES string of the molecule is O=C(NCC1CCCN1S(=O)(=O)c1ccc(Cl)cc1)C12CC3CC(CC(C3)C1)C2. The van der Waals surface area contributed by atoms with E-state index in [0.29, 0.717) is 18.1 Å². The van der Waals surface area contributed by atoms with Crippen molar-refractivity contribution in [3.63, 3.8) is 0 Å². The molecule has 4 aliphatic carbocycles. The maximum Gasteiger partial charge on any atom is 0.243 e. The van der Waals surface area contributed by atoms with Gasteiger partial charge in [-0.1, -0.05) is 11.6 Å². The van der Waals surface area contributed by atoms with Gasteiger partial charge >= 0.3 is 0 Å². The molecule has 1 saturated heterocycles. The predicted molar refractivity (Wildman–Crippen MR) is 112 cm³/mol. The van der Waals surface area contributed by atoms with Crippen molar-refractivity contribution in [1.29, 1.82) is 0 Å². The molecule has 1 atom stereocenters. The average Bonchev–Trinajstić information content (AvgIpc) is 3.15. The lowest BCUT2D eigenvalue weighted by Crippen LogP contribution is -2.55. The molecular formula is C22H29ClN2O3S. The van der Waals surface area contributed by atoms with E-state index in [-0.39, 0.29) is 22.3 Å². The van der Waals surface area contributed by atoms with Crippen molar-refractivity contribution >= 4 is 27.5 Å². The van der Waals surface area contributed by atoms with Crippen molar-refractivity contribution in [1.82, 2.24) is 9.62 Å². The van der Waals surface area contributed by atoms with Crippen LogP contribution in [0, 0.1) is 23.2 Å². The Kier molecular flexibility index (Phi) is 4.95. The molecule has 1 amide bonds. The molecule has 4 saturated carbocycles. The van der Waals surface area contributed by atoms with Gasteiger partial charge in [0, 0.05) is 29.6 Å². The van der Waals surface area contributed by atoms with Gasteiger partial charge in [0.2, 0.25) is 15.9 Å². The number of benzene rings is 1. The summed E-state index contributed by atoms with van der Waals surface area (Å²) in [4.78, 5) is 13.5. The number of hydrogen-bond acceptors (Lipinski definition) is 3. The van der Waals surface area contributed by atoms with E-state index in [1.165, 1.54) is 19.3 Å². The van der Waals surface area contributed by atoms with E-state index in [1.54, 1.807) is 28.6 Å². The highest BCUT2D eigenvalue weighted by atomic mass is 35.5. The molecule has 5 nitrogen and oxygen atoms in total. The molecule has 0 radical (unpaired) electrons. The fraction of sp³-hybridized carbons (Fsp3) is 0.682. The summed E-state index contributed by atoms with van der Waals surface area (Å²) in [5.74, 6) is 2.34. The minimum atomic E-state index is -3.57. The van der Waals surface area contributed by atoms with Gasteiger partial charge in [-0.3, -0.25) is 4.79 Å². The highest BCUT2D eigenvalue weighted by Crippen LogP contribution is 2.60. The Morgan fingerprint density at radius 1 is 1.07 bits per heavy atom. The van der Waals surface area contributed by atoms with Crippen molar-refractivity contribution in [3.8, 4) is 0 Å². The number of carbonyl (C=O) groups excluding carboxylic acids is 1. The second-order valence-corrected chi connectivity index (χ2v) is 12.1. The number of amides is 1. The Morgan fingerprint density at radius 2 is 1.66 bits per heavy atom. The van der Waals surface area contributed by atoms with Gasteiger partial charge < -0.3 is 5.32 Å². The molecule has 5 fully saturated rings. The molecule has 1 aromatic carbocycles. The van der Waals surface area contributed by atoms with Crippen LogP contribution in [0.1, 0.15) is 51.4 Å². The molecule has 1 unspecified atom stereocenters. The van der Waals surface area contributed by atoms with Crippen LogP contribution in [-0.2, 0) is 14.8 Å². The third-order valence-electron chi connectivity index (χ3n) is 7.76. The molecule has 5 aliphatic rings. The summed E-state index contributed by atoms with van der Waals surface area (Å²) in [6.07, 6.45) is 8.62. The van der Waals surface area contributed by atoms with Crippen LogP contribution in [0.3, 0.4) is 0 Å². The molecular weight excluding hydrogens is 408 g/mol. The zero-order chi connectivity index (χ0) is 20.2. The number of sulfonamides is 1. The van der Waals surface area contributed by atoms with Crippen LogP contribution in [0.15, 0.2) is 29.2 Å². The van der Waals surface area contributed by atoms with Gasteiger partial charge in [0.25, 0.3) is 0 Å². The average molecular weight is 437 g/mol. The molecule has 1 N–H and O–H groups in total. The van der Waals surface area contributed by atoms with Crippen LogP contribution >= 0.6 is 11.6 Å². The lowest BCUT2D eigenvalue weighted by atomic mass is 9.49. The summed E-state index contributed by atoms with van der Waals surface area (Å²) < 4.78 is 27.8. The van der Waals surface area contributed by atoms with Gasteiger partial charge in [-0.25, -0.2) is 8.42 Å². The van der Waals surface area contributed by atoms with Crippen molar-refractivity contribution in [3.05, 3.63) is 29.3 Å². The molecule has 4 bridgehead atoms. The van der Waals surface area contributed by atoms with E-state index in [2.05, 4.69) is 5.32 Å². The van der Waals surface area contributed by atoms with Crippen molar-refractivity contribution in [2.45, 2.75) is 62.3 Å². The molecule has 0 spiro atoms. The highest BCUT2D eigenvalue weighted by molar-refractivity contribution is 7.89. The van der Waals surface area contributed by atoms with E-state index in [0.717, 1.165) is 49.9 Å². The van der Waals surface area contributed by atoms with Crippen molar-refractivity contribution in [2.75, 3.05) is 13.1 Å². The van der Waals surface area contributed by atoms with Crippen LogP contribution in [0.25, 0.3) is 0 Å². The maximum atomic E-state index is 13.2. The van der Waals surface area contributed by atoms with Crippen LogP contribution in [-0.4, -0.2) is 37.8 Å². The normalized spacial score (nSPS) is 36.4. The van der Waals surface area contributed by atoms with Crippen LogP contribution in [0.2, 0.25) is 5.02 Å². The Hall–Kier alpha value is -1.11.